The van der Waals surface area contributed by atoms with E-state index in [4.69, 9.17) is 4.74 Å². The van der Waals surface area contributed by atoms with Gasteiger partial charge in [0.05, 0.1) is 29.8 Å². The molecule has 0 aliphatic heterocycles. The number of aryl methyl sites for hydroxylation is 1. The highest BCUT2D eigenvalue weighted by Gasteiger charge is 2.14. The third-order valence-electron chi connectivity index (χ3n) is 4.76. The van der Waals surface area contributed by atoms with E-state index >= 15 is 0 Å². The van der Waals surface area contributed by atoms with E-state index in [0.717, 1.165) is 22.2 Å². The molecule has 4 rings (SSSR count). The largest absolute Gasteiger partial charge is 0.487 e. The molecule has 0 amide bonds. The topological polar surface area (TPSA) is 77.2 Å². The maximum Gasteiger partial charge on any atom is 0.146 e. The van der Waals surface area contributed by atoms with Gasteiger partial charge < -0.3 is 14.6 Å². The molecule has 2 aromatic heterocycles. The van der Waals surface area contributed by atoms with Crippen molar-refractivity contribution in [2.45, 2.75) is 26.5 Å². The first-order valence-corrected chi connectivity index (χ1v) is 12.1. The van der Waals surface area contributed by atoms with Crippen LogP contribution >= 0.6 is 0 Å². The molecule has 0 aliphatic carbocycles. The minimum absolute atomic E-state index is 0.0698. The zero-order chi connectivity index (χ0) is 22.7. The lowest BCUT2D eigenvalue weighted by Gasteiger charge is -2.19. The Balaban J connectivity index is 1.66. The minimum atomic E-state index is -0.370. The fourth-order valence-corrected chi connectivity index (χ4v) is 4.03. The third-order valence-corrected chi connectivity index (χ3v) is 5.34. The van der Waals surface area contributed by atoms with E-state index < -0.39 is 0 Å². The van der Waals surface area contributed by atoms with Gasteiger partial charge in [0.25, 0.3) is 0 Å². The molecule has 2 heterocycles. The fraction of sp³-hybridized carbons (Fsp3) is 0.261. The second-order valence-corrected chi connectivity index (χ2v) is 9.43. The SMILES string of the molecule is Cc1cc(N=S(C)C)cc2ncnc(Nc3ccc(F)cc3OC(C)Cn3ccnc3)c12. The van der Waals surface area contributed by atoms with Gasteiger partial charge in [-0.1, -0.05) is 0 Å². The first-order chi connectivity index (χ1) is 15.4. The number of hydrogen-bond donors (Lipinski definition) is 1. The summed E-state index contributed by atoms with van der Waals surface area (Å²) in [6, 6.07) is 8.41. The van der Waals surface area contributed by atoms with E-state index in [1.54, 1.807) is 18.6 Å². The van der Waals surface area contributed by atoms with Crippen molar-refractivity contribution in [1.29, 1.82) is 0 Å². The van der Waals surface area contributed by atoms with E-state index in [0.29, 0.717) is 23.8 Å². The quantitative estimate of drug-likeness (QED) is 0.418. The number of aromatic nitrogens is 4. The number of ether oxygens (including phenoxy) is 1. The smallest absolute Gasteiger partial charge is 0.146 e. The van der Waals surface area contributed by atoms with Gasteiger partial charge in [0, 0.05) is 23.8 Å². The van der Waals surface area contributed by atoms with Crippen LogP contribution in [0.25, 0.3) is 10.9 Å². The zero-order valence-corrected chi connectivity index (χ0v) is 19.2. The Morgan fingerprint density at radius 2 is 2.06 bits per heavy atom. The van der Waals surface area contributed by atoms with Gasteiger partial charge in [0.1, 0.15) is 29.8 Å². The second-order valence-electron chi connectivity index (χ2n) is 7.70. The molecule has 0 saturated carbocycles. The Kier molecular flexibility index (Phi) is 6.45. The van der Waals surface area contributed by atoms with Crippen LogP contribution in [-0.4, -0.2) is 38.1 Å². The van der Waals surface area contributed by atoms with Crippen molar-refractivity contribution < 1.29 is 9.13 Å². The van der Waals surface area contributed by atoms with Gasteiger partial charge in [-0.05, 0) is 56.2 Å². The summed E-state index contributed by atoms with van der Waals surface area (Å²) >= 11 is 0. The molecule has 9 heteroatoms. The summed E-state index contributed by atoms with van der Waals surface area (Å²) in [6.45, 7) is 4.53. The molecule has 2 aromatic carbocycles. The van der Waals surface area contributed by atoms with Crippen LogP contribution in [0.15, 0.2) is 59.7 Å². The molecular formula is C23H25FN6OS. The number of halogens is 1. The summed E-state index contributed by atoms with van der Waals surface area (Å²) in [5.74, 6) is 0.671. The Bertz CT molecular complexity index is 1270. The zero-order valence-electron chi connectivity index (χ0n) is 18.4. The van der Waals surface area contributed by atoms with Crippen molar-refractivity contribution in [2.75, 3.05) is 17.8 Å². The number of nitrogens with one attached hydrogen (secondary N) is 1. The van der Waals surface area contributed by atoms with E-state index in [2.05, 4.69) is 37.1 Å². The van der Waals surface area contributed by atoms with Crippen molar-refractivity contribution in [3.05, 3.63) is 66.8 Å². The minimum Gasteiger partial charge on any atom is -0.487 e. The summed E-state index contributed by atoms with van der Waals surface area (Å²) in [5, 5.41) is 4.21. The molecule has 0 bridgehead atoms. The lowest BCUT2D eigenvalue weighted by Crippen LogP contribution is -2.19. The molecule has 0 saturated heterocycles. The van der Waals surface area contributed by atoms with Crippen LogP contribution in [0.3, 0.4) is 0 Å². The van der Waals surface area contributed by atoms with Crippen molar-refractivity contribution in [3.8, 4) is 5.75 Å². The maximum absolute atomic E-state index is 14.0. The third kappa shape index (κ3) is 5.11. The molecule has 0 radical (unpaired) electrons. The Hall–Kier alpha value is -3.33. The molecule has 1 atom stereocenters. The van der Waals surface area contributed by atoms with Crippen LogP contribution in [0.2, 0.25) is 0 Å². The molecule has 32 heavy (non-hydrogen) atoms. The fourth-order valence-electron chi connectivity index (χ4n) is 3.50. The van der Waals surface area contributed by atoms with E-state index in [1.807, 2.05) is 36.7 Å². The second kappa shape index (κ2) is 9.44. The first kappa shape index (κ1) is 21.9. The van der Waals surface area contributed by atoms with Gasteiger partial charge in [0.15, 0.2) is 0 Å². The number of fused-ring (bicyclic) bond motifs is 1. The van der Waals surface area contributed by atoms with Gasteiger partial charge in [-0.2, -0.15) is 0 Å². The highest BCUT2D eigenvalue weighted by molar-refractivity contribution is 7.85. The molecule has 1 N–H and O–H groups in total. The van der Waals surface area contributed by atoms with E-state index in [-0.39, 0.29) is 22.6 Å². The van der Waals surface area contributed by atoms with Crippen molar-refractivity contribution in [3.63, 3.8) is 0 Å². The van der Waals surface area contributed by atoms with Crippen LogP contribution in [0, 0.1) is 12.7 Å². The predicted molar refractivity (Wildman–Crippen MR) is 128 cm³/mol. The monoisotopic (exact) mass is 452 g/mol. The lowest BCUT2D eigenvalue weighted by atomic mass is 10.1. The van der Waals surface area contributed by atoms with Gasteiger partial charge in [-0.3, -0.25) is 0 Å². The molecular weight excluding hydrogens is 427 g/mol. The van der Waals surface area contributed by atoms with Gasteiger partial charge in [-0.25, -0.2) is 23.7 Å². The summed E-state index contributed by atoms with van der Waals surface area (Å²) in [5.41, 5.74) is 3.32. The number of benzene rings is 2. The molecule has 4 aromatic rings. The number of nitrogens with zero attached hydrogens (tertiary/aromatic N) is 5. The summed E-state index contributed by atoms with van der Waals surface area (Å²) in [6.07, 6.45) is 10.7. The number of anilines is 2. The van der Waals surface area contributed by atoms with Crippen molar-refractivity contribution in [2.24, 2.45) is 4.36 Å². The van der Waals surface area contributed by atoms with Crippen molar-refractivity contribution in [1.82, 2.24) is 19.5 Å². The lowest BCUT2D eigenvalue weighted by molar-refractivity contribution is 0.200. The number of hydrogen-bond acceptors (Lipinski definition) is 6. The molecule has 166 valence electrons. The molecule has 0 fully saturated rings. The summed E-state index contributed by atoms with van der Waals surface area (Å²) < 4.78 is 26.7. The average molecular weight is 453 g/mol. The number of imidazole rings is 1. The normalized spacial score (nSPS) is 12.2. The Morgan fingerprint density at radius 3 is 2.81 bits per heavy atom. The molecule has 0 aliphatic rings. The number of rotatable bonds is 7. The summed E-state index contributed by atoms with van der Waals surface area (Å²) in [4.78, 5) is 12.9. The maximum atomic E-state index is 14.0. The Morgan fingerprint density at radius 1 is 1.22 bits per heavy atom. The van der Waals surface area contributed by atoms with Crippen LogP contribution < -0.4 is 10.1 Å². The standard InChI is InChI=1S/C23H25FN6OS/c1-15-9-18(29-32(3)4)11-20-22(15)23(27-13-26-20)28-19-6-5-17(24)10-21(19)31-16(2)12-30-8-7-25-14-30/h5-11,13-14,16H,12H2,1-4H3,(H,26,27,28). The van der Waals surface area contributed by atoms with Gasteiger partial charge in [-0.15, -0.1) is 10.7 Å². The summed E-state index contributed by atoms with van der Waals surface area (Å²) in [7, 11) is -0.0698. The van der Waals surface area contributed by atoms with E-state index in [1.165, 1.54) is 18.5 Å². The molecule has 7 nitrogen and oxygen atoms in total. The highest BCUT2D eigenvalue weighted by atomic mass is 32.2. The van der Waals surface area contributed by atoms with Gasteiger partial charge in [0.2, 0.25) is 0 Å². The predicted octanol–water partition coefficient (Wildman–Crippen LogP) is 5.18. The van der Waals surface area contributed by atoms with Gasteiger partial charge >= 0.3 is 0 Å². The first-order valence-electron chi connectivity index (χ1n) is 10.1. The highest BCUT2D eigenvalue weighted by Crippen LogP contribution is 2.34. The molecule has 1 unspecified atom stereocenters. The van der Waals surface area contributed by atoms with E-state index in [9.17, 15) is 4.39 Å². The van der Waals surface area contributed by atoms with Crippen molar-refractivity contribution >= 4 is 38.8 Å². The average Bonchev–Trinajstić information content (AvgIpc) is 3.22. The van der Waals surface area contributed by atoms with Crippen LogP contribution in [0.4, 0.5) is 21.6 Å². The van der Waals surface area contributed by atoms with Crippen LogP contribution in [-0.2, 0) is 17.2 Å². The van der Waals surface area contributed by atoms with Crippen LogP contribution in [0.1, 0.15) is 12.5 Å². The van der Waals surface area contributed by atoms with Crippen LogP contribution in [0.5, 0.6) is 5.75 Å². The Labute approximate surface area is 188 Å². The molecule has 0 spiro atoms.